The lowest BCUT2D eigenvalue weighted by atomic mass is 10.1. The van der Waals surface area contributed by atoms with Gasteiger partial charge in [0.1, 0.15) is 0 Å². The molecule has 0 spiro atoms. The normalized spacial score (nSPS) is 23.1. The molecule has 0 aliphatic carbocycles. The first-order valence-corrected chi connectivity index (χ1v) is 7.74. The van der Waals surface area contributed by atoms with Gasteiger partial charge in [-0.3, -0.25) is 9.69 Å². The second kappa shape index (κ2) is 7.02. The monoisotopic (exact) mass is 289 g/mol. The van der Waals surface area contributed by atoms with E-state index in [1.807, 2.05) is 12.1 Å². The van der Waals surface area contributed by atoms with Crippen LogP contribution in [0.15, 0.2) is 24.3 Å². The van der Waals surface area contributed by atoms with Crippen LogP contribution in [0.5, 0.6) is 0 Å². The van der Waals surface area contributed by atoms with Crippen molar-refractivity contribution < 1.29 is 9.53 Å². The summed E-state index contributed by atoms with van der Waals surface area (Å²) in [5, 5.41) is 6.19. The number of benzene rings is 1. The van der Waals surface area contributed by atoms with E-state index in [1.165, 1.54) is 5.56 Å². The fourth-order valence-electron chi connectivity index (χ4n) is 2.85. The van der Waals surface area contributed by atoms with Gasteiger partial charge in [0.25, 0.3) is 0 Å². The summed E-state index contributed by atoms with van der Waals surface area (Å²) in [5.41, 5.74) is 2.15. The molecule has 3 rings (SSSR count). The SMILES string of the molecule is O=C(Nc1ccc(CN2CCOCC2)cc1)C1CCCN1. The summed E-state index contributed by atoms with van der Waals surface area (Å²) in [6, 6.07) is 8.13. The van der Waals surface area contributed by atoms with Gasteiger partial charge in [0.15, 0.2) is 0 Å². The Morgan fingerprint density at radius 3 is 2.71 bits per heavy atom. The first-order chi connectivity index (χ1) is 10.3. The lowest BCUT2D eigenvalue weighted by molar-refractivity contribution is -0.117. The van der Waals surface area contributed by atoms with Gasteiger partial charge >= 0.3 is 0 Å². The Hall–Kier alpha value is -1.43. The van der Waals surface area contributed by atoms with Crippen LogP contribution in [-0.2, 0) is 16.1 Å². The van der Waals surface area contributed by atoms with Gasteiger partial charge in [0.2, 0.25) is 5.91 Å². The molecule has 5 nitrogen and oxygen atoms in total. The number of carbonyl (C=O) groups excluding carboxylic acids is 1. The van der Waals surface area contributed by atoms with Gasteiger partial charge in [-0.05, 0) is 37.1 Å². The van der Waals surface area contributed by atoms with Crippen LogP contribution in [0, 0.1) is 0 Å². The maximum Gasteiger partial charge on any atom is 0.241 e. The minimum atomic E-state index is -0.0296. The minimum absolute atomic E-state index is 0.0296. The van der Waals surface area contributed by atoms with Gasteiger partial charge in [0, 0.05) is 25.3 Å². The molecule has 2 saturated heterocycles. The van der Waals surface area contributed by atoms with Crippen molar-refractivity contribution in [2.45, 2.75) is 25.4 Å². The molecular weight excluding hydrogens is 266 g/mol. The molecular formula is C16H23N3O2. The summed E-state index contributed by atoms with van der Waals surface area (Å²) >= 11 is 0. The molecule has 0 aromatic heterocycles. The summed E-state index contributed by atoms with van der Waals surface area (Å²) in [5.74, 6) is 0.0772. The average Bonchev–Trinajstić information content (AvgIpc) is 3.05. The highest BCUT2D eigenvalue weighted by Gasteiger charge is 2.21. The van der Waals surface area contributed by atoms with E-state index in [1.54, 1.807) is 0 Å². The topological polar surface area (TPSA) is 53.6 Å². The van der Waals surface area contributed by atoms with Gasteiger partial charge < -0.3 is 15.4 Å². The average molecular weight is 289 g/mol. The van der Waals surface area contributed by atoms with E-state index in [4.69, 9.17) is 4.74 Å². The molecule has 21 heavy (non-hydrogen) atoms. The van der Waals surface area contributed by atoms with Gasteiger partial charge in [-0.1, -0.05) is 12.1 Å². The standard InChI is InChI=1S/C16H23N3O2/c20-16(15-2-1-7-17-15)18-14-5-3-13(4-6-14)12-19-8-10-21-11-9-19/h3-6,15,17H,1-2,7-12H2,(H,18,20). The second-order valence-electron chi connectivity index (χ2n) is 5.72. The highest BCUT2D eigenvalue weighted by molar-refractivity contribution is 5.95. The van der Waals surface area contributed by atoms with Crippen LogP contribution >= 0.6 is 0 Å². The van der Waals surface area contributed by atoms with Crippen LogP contribution in [0.2, 0.25) is 0 Å². The zero-order chi connectivity index (χ0) is 14.5. The molecule has 114 valence electrons. The lowest BCUT2D eigenvalue weighted by Crippen LogP contribution is -2.36. The van der Waals surface area contributed by atoms with Gasteiger partial charge in [-0.25, -0.2) is 0 Å². The van der Waals surface area contributed by atoms with Gasteiger partial charge in [-0.15, -0.1) is 0 Å². The Morgan fingerprint density at radius 2 is 2.05 bits per heavy atom. The maximum absolute atomic E-state index is 12.0. The molecule has 5 heteroatoms. The zero-order valence-electron chi connectivity index (χ0n) is 12.3. The van der Waals surface area contributed by atoms with Crippen LogP contribution in [0.1, 0.15) is 18.4 Å². The molecule has 1 amide bonds. The molecule has 1 unspecified atom stereocenters. The predicted octanol–water partition coefficient (Wildman–Crippen LogP) is 1.21. The number of nitrogens with zero attached hydrogens (tertiary/aromatic N) is 1. The fraction of sp³-hybridized carbons (Fsp3) is 0.562. The molecule has 0 bridgehead atoms. The van der Waals surface area contributed by atoms with E-state index in [0.717, 1.165) is 57.9 Å². The molecule has 0 saturated carbocycles. The molecule has 2 heterocycles. The van der Waals surface area contributed by atoms with Crippen LogP contribution in [0.3, 0.4) is 0 Å². The predicted molar refractivity (Wildman–Crippen MR) is 82.2 cm³/mol. The molecule has 2 N–H and O–H groups in total. The number of amides is 1. The van der Waals surface area contributed by atoms with Crippen LogP contribution in [0.4, 0.5) is 5.69 Å². The van der Waals surface area contributed by atoms with E-state index in [2.05, 4.69) is 27.7 Å². The van der Waals surface area contributed by atoms with Crippen molar-refractivity contribution in [1.82, 2.24) is 10.2 Å². The molecule has 2 fully saturated rings. The van der Waals surface area contributed by atoms with Gasteiger partial charge in [-0.2, -0.15) is 0 Å². The number of nitrogens with one attached hydrogen (secondary N) is 2. The van der Waals surface area contributed by atoms with E-state index in [9.17, 15) is 4.79 Å². The Bertz CT molecular complexity index is 463. The highest BCUT2D eigenvalue weighted by Crippen LogP contribution is 2.14. The Labute approximate surface area is 125 Å². The Kier molecular flexibility index (Phi) is 4.85. The number of rotatable bonds is 4. The van der Waals surface area contributed by atoms with E-state index in [-0.39, 0.29) is 11.9 Å². The van der Waals surface area contributed by atoms with Crippen molar-refractivity contribution >= 4 is 11.6 Å². The fourth-order valence-corrected chi connectivity index (χ4v) is 2.85. The highest BCUT2D eigenvalue weighted by atomic mass is 16.5. The first-order valence-electron chi connectivity index (χ1n) is 7.74. The largest absolute Gasteiger partial charge is 0.379 e. The molecule has 1 aromatic carbocycles. The van der Waals surface area contributed by atoms with Crippen LogP contribution in [0.25, 0.3) is 0 Å². The van der Waals surface area contributed by atoms with E-state index in [0.29, 0.717) is 0 Å². The summed E-state index contributed by atoms with van der Waals surface area (Å²) in [6.07, 6.45) is 2.01. The lowest BCUT2D eigenvalue weighted by Gasteiger charge is -2.26. The smallest absolute Gasteiger partial charge is 0.241 e. The molecule has 2 aliphatic heterocycles. The molecule has 0 radical (unpaired) electrons. The van der Waals surface area contributed by atoms with Crippen LogP contribution in [-0.4, -0.2) is 49.7 Å². The van der Waals surface area contributed by atoms with Crippen molar-refractivity contribution in [2.24, 2.45) is 0 Å². The third-order valence-electron chi connectivity index (χ3n) is 4.11. The third-order valence-corrected chi connectivity index (χ3v) is 4.11. The number of carbonyl (C=O) groups is 1. The molecule has 2 aliphatic rings. The number of ether oxygens (including phenoxy) is 1. The minimum Gasteiger partial charge on any atom is -0.379 e. The Morgan fingerprint density at radius 1 is 1.29 bits per heavy atom. The summed E-state index contributed by atoms with van der Waals surface area (Å²) in [6.45, 7) is 5.51. The molecule has 1 atom stereocenters. The summed E-state index contributed by atoms with van der Waals surface area (Å²) < 4.78 is 5.35. The third kappa shape index (κ3) is 4.03. The summed E-state index contributed by atoms with van der Waals surface area (Å²) in [4.78, 5) is 14.4. The zero-order valence-corrected chi connectivity index (χ0v) is 12.3. The van der Waals surface area contributed by atoms with E-state index >= 15 is 0 Å². The van der Waals surface area contributed by atoms with Crippen LogP contribution < -0.4 is 10.6 Å². The molecule has 1 aromatic rings. The number of hydrogen-bond donors (Lipinski definition) is 2. The summed E-state index contributed by atoms with van der Waals surface area (Å²) in [7, 11) is 0. The number of anilines is 1. The van der Waals surface area contributed by atoms with Gasteiger partial charge in [0.05, 0.1) is 19.3 Å². The Balaban J connectivity index is 1.52. The number of morpholine rings is 1. The van der Waals surface area contributed by atoms with E-state index < -0.39 is 0 Å². The first kappa shape index (κ1) is 14.5. The van der Waals surface area contributed by atoms with Crippen molar-refractivity contribution in [1.29, 1.82) is 0 Å². The van der Waals surface area contributed by atoms with Crippen molar-refractivity contribution in [3.8, 4) is 0 Å². The quantitative estimate of drug-likeness (QED) is 0.875. The van der Waals surface area contributed by atoms with Crippen molar-refractivity contribution in [3.05, 3.63) is 29.8 Å². The maximum atomic E-state index is 12.0. The second-order valence-corrected chi connectivity index (χ2v) is 5.72. The van der Waals surface area contributed by atoms with Crippen molar-refractivity contribution in [2.75, 3.05) is 38.2 Å². The number of hydrogen-bond acceptors (Lipinski definition) is 4. The van der Waals surface area contributed by atoms with Crippen molar-refractivity contribution in [3.63, 3.8) is 0 Å².